The third-order valence-corrected chi connectivity index (χ3v) is 3.68. The predicted molar refractivity (Wildman–Crippen MR) is 75.9 cm³/mol. The quantitative estimate of drug-likeness (QED) is 0.838. The maximum atomic E-state index is 13.5. The van der Waals surface area contributed by atoms with Gasteiger partial charge in [0.1, 0.15) is 17.3 Å². The molecule has 1 heterocycles. The van der Waals surface area contributed by atoms with Crippen molar-refractivity contribution >= 4 is 0 Å². The smallest absolute Gasteiger partial charge is 0.129 e. The van der Waals surface area contributed by atoms with E-state index in [0.29, 0.717) is 30.4 Å². The summed E-state index contributed by atoms with van der Waals surface area (Å²) in [4.78, 5) is 0. The average molecular weight is 272 g/mol. The SMILES string of the molecule is Cc1ccc(OCC2CCOc3ccccc32)cc1F. The highest BCUT2D eigenvalue weighted by Gasteiger charge is 2.21. The van der Waals surface area contributed by atoms with Crippen LogP contribution in [-0.4, -0.2) is 13.2 Å². The minimum atomic E-state index is -0.227. The molecule has 0 aliphatic carbocycles. The Bertz CT molecular complexity index is 610. The summed E-state index contributed by atoms with van der Waals surface area (Å²) in [6, 6.07) is 13.0. The van der Waals surface area contributed by atoms with Crippen molar-refractivity contribution in [3.05, 3.63) is 59.4 Å². The fraction of sp³-hybridized carbons (Fsp3) is 0.294. The molecule has 0 saturated heterocycles. The number of ether oxygens (including phenoxy) is 2. The molecule has 20 heavy (non-hydrogen) atoms. The fourth-order valence-corrected chi connectivity index (χ4v) is 2.45. The second-order valence-electron chi connectivity index (χ2n) is 5.09. The van der Waals surface area contributed by atoms with Gasteiger partial charge in [-0.3, -0.25) is 0 Å². The molecule has 3 rings (SSSR count). The molecule has 0 N–H and O–H groups in total. The zero-order valence-electron chi connectivity index (χ0n) is 11.4. The summed E-state index contributed by atoms with van der Waals surface area (Å²) in [7, 11) is 0. The zero-order chi connectivity index (χ0) is 13.9. The molecular formula is C17H17FO2. The second-order valence-corrected chi connectivity index (χ2v) is 5.09. The Morgan fingerprint density at radius 2 is 2.10 bits per heavy atom. The van der Waals surface area contributed by atoms with E-state index in [4.69, 9.17) is 9.47 Å². The molecule has 0 saturated carbocycles. The Kier molecular flexibility index (Phi) is 3.59. The normalized spacial score (nSPS) is 17.2. The number of benzene rings is 2. The molecule has 104 valence electrons. The molecule has 2 aromatic rings. The van der Waals surface area contributed by atoms with Crippen LogP contribution in [0.3, 0.4) is 0 Å². The van der Waals surface area contributed by atoms with Gasteiger partial charge in [-0.2, -0.15) is 0 Å². The summed E-state index contributed by atoms with van der Waals surface area (Å²) in [6.07, 6.45) is 0.922. The molecule has 3 heteroatoms. The first kappa shape index (κ1) is 13.0. The van der Waals surface area contributed by atoms with Crippen LogP contribution in [0.5, 0.6) is 11.5 Å². The Morgan fingerprint density at radius 1 is 1.25 bits per heavy atom. The van der Waals surface area contributed by atoms with Crippen molar-refractivity contribution in [2.45, 2.75) is 19.3 Å². The second kappa shape index (κ2) is 5.53. The molecular weight excluding hydrogens is 255 g/mol. The maximum Gasteiger partial charge on any atom is 0.129 e. The molecule has 0 radical (unpaired) electrons. The number of aryl methyl sites for hydroxylation is 1. The van der Waals surface area contributed by atoms with Crippen LogP contribution in [0.1, 0.15) is 23.5 Å². The van der Waals surface area contributed by atoms with Gasteiger partial charge < -0.3 is 9.47 Å². The third-order valence-electron chi connectivity index (χ3n) is 3.68. The van der Waals surface area contributed by atoms with Crippen LogP contribution in [0.4, 0.5) is 4.39 Å². The van der Waals surface area contributed by atoms with Gasteiger partial charge in [0.05, 0.1) is 13.2 Å². The molecule has 1 aliphatic rings. The van der Waals surface area contributed by atoms with Gasteiger partial charge in [-0.15, -0.1) is 0 Å². The molecule has 0 aromatic heterocycles. The topological polar surface area (TPSA) is 18.5 Å². The van der Waals surface area contributed by atoms with Crippen LogP contribution >= 0.6 is 0 Å². The predicted octanol–water partition coefficient (Wildman–Crippen LogP) is 4.08. The lowest BCUT2D eigenvalue weighted by Gasteiger charge is -2.25. The number of hydrogen-bond acceptors (Lipinski definition) is 2. The van der Waals surface area contributed by atoms with Crippen molar-refractivity contribution in [1.82, 2.24) is 0 Å². The monoisotopic (exact) mass is 272 g/mol. The van der Waals surface area contributed by atoms with Crippen molar-refractivity contribution in [1.29, 1.82) is 0 Å². The summed E-state index contributed by atoms with van der Waals surface area (Å²) < 4.78 is 24.9. The largest absolute Gasteiger partial charge is 0.493 e. The van der Waals surface area contributed by atoms with Gasteiger partial charge in [0.25, 0.3) is 0 Å². The van der Waals surface area contributed by atoms with Crippen LogP contribution in [-0.2, 0) is 0 Å². The van der Waals surface area contributed by atoms with E-state index in [1.54, 1.807) is 13.0 Å². The first-order valence-electron chi connectivity index (χ1n) is 6.85. The van der Waals surface area contributed by atoms with Crippen molar-refractivity contribution in [2.75, 3.05) is 13.2 Å². The van der Waals surface area contributed by atoms with E-state index >= 15 is 0 Å². The Morgan fingerprint density at radius 3 is 2.95 bits per heavy atom. The summed E-state index contributed by atoms with van der Waals surface area (Å²) in [6.45, 7) is 2.99. The van der Waals surface area contributed by atoms with E-state index < -0.39 is 0 Å². The van der Waals surface area contributed by atoms with Crippen LogP contribution in [0.2, 0.25) is 0 Å². The lowest BCUT2D eigenvalue weighted by molar-refractivity contribution is 0.217. The molecule has 2 nitrogen and oxygen atoms in total. The highest BCUT2D eigenvalue weighted by molar-refractivity contribution is 5.38. The van der Waals surface area contributed by atoms with E-state index in [9.17, 15) is 4.39 Å². The zero-order valence-corrected chi connectivity index (χ0v) is 11.4. The standard InChI is InChI=1S/C17H17FO2/c1-12-6-7-14(10-16(12)18)20-11-13-8-9-19-17-5-3-2-4-15(13)17/h2-7,10,13H,8-9,11H2,1H3. The Hall–Kier alpha value is -2.03. The van der Waals surface area contributed by atoms with Crippen LogP contribution in [0.25, 0.3) is 0 Å². The molecule has 1 unspecified atom stereocenters. The average Bonchev–Trinajstić information content (AvgIpc) is 2.48. The molecule has 1 aliphatic heterocycles. The van der Waals surface area contributed by atoms with Gasteiger partial charge in [-0.25, -0.2) is 4.39 Å². The molecule has 1 atom stereocenters. The molecule has 0 amide bonds. The Balaban J connectivity index is 1.71. The maximum absolute atomic E-state index is 13.5. The van der Waals surface area contributed by atoms with Gasteiger partial charge in [0, 0.05) is 17.5 Å². The van der Waals surface area contributed by atoms with Crippen molar-refractivity contribution in [2.24, 2.45) is 0 Å². The number of hydrogen-bond donors (Lipinski definition) is 0. The minimum absolute atomic E-state index is 0.227. The number of para-hydroxylation sites is 1. The van der Waals surface area contributed by atoms with Crippen molar-refractivity contribution in [3.8, 4) is 11.5 Å². The van der Waals surface area contributed by atoms with Gasteiger partial charge >= 0.3 is 0 Å². The lowest BCUT2D eigenvalue weighted by atomic mass is 9.94. The third kappa shape index (κ3) is 2.62. The summed E-state index contributed by atoms with van der Waals surface area (Å²) >= 11 is 0. The fourth-order valence-electron chi connectivity index (χ4n) is 2.45. The van der Waals surface area contributed by atoms with E-state index in [1.165, 1.54) is 11.6 Å². The summed E-state index contributed by atoms with van der Waals surface area (Å²) in [5.74, 6) is 1.58. The lowest BCUT2D eigenvalue weighted by Crippen LogP contribution is -2.19. The van der Waals surface area contributed by atoms with E-state index in [0.717, 1.165) is 12.2 Å². The van der Waals surface area contributed by atoms with Crippen LogP contribution in [0, 0.1) is 12.7 Å². The van der Waals surface area contributed by atoms with Crippen molar-refractivity contribution in [3.63, 3.8) is 0 Å². The highest BCUT2D eigenvalue weighted by atomic mass is 19.1. The molecule has 0 bridgehead atoms. The van der Waals surface area contributed by atoms with Gasteiger partial charge in [0.15, 0.2) is 0 Å². The first-order valence-corrected chi connectivity index (χ1v) is 6.85. The van der Waals surface area contributed by atoms with Crippen LogP contribution < -0.4 is 9.47 Å². The van der Waals surface area contributed by atoms with Gasteiger partial charge in [-0.1, -0.05) is 24.3 Å². The van der Waals surface area contributed by atoms with Gasteiger partial charge in [0.2, 0.25) is 0 Å². The first-order chi connectivity index (χ1) is 9.74. The highest BCUT2D eigenvalue weighted by Crippen LogP contribution is 2.33. The molecule has 0 fully saturated rings. The van der Waals surface area contributed by atoms with E-state index in [-0.39, 0.29) is 5.82 Å². The number of fused-ring (bicyclic) bond motifs is 1. The Labute approximate surface area is 118 Å². The summed E-state index contributed by atoms with van der Waals surface area (Å²) in [5.41, 5.74) is 1.81. The van der Waals surface area contributed by atoms with Crippen molar-refractivity contribution < 1.29 is 13.9 Å². The number of rotatable bonds is 3. The van der Waals surface area contributed by atoms with E-state index in [1.807, 2.05) is 24.3 Å². The minimum Gasteiger partial charge on any atom is -0.493 e. The number of halogens is 1. The molecule has 0 spiro atoms. The van der Waals surface area contributed by atoms with Gasteiger partial charge in [-0.05, 0) is 31.0 Å². The van der Waals surface area contributed by atoms with E-state index in [2.05, 4.69) is 6.07 Å². The van der Waals surface area contributed by atoms with Crippen LogP contribution in [0.15, 0.2) is 42.5 Å². The summed E-state index contributed by atoms with van der Waals surface area (Å²) in [5, 5.41) is 0. The molecule has 2 aromatic carbocycles.